The van der Waals surface area contributed by atoms with Crippen LogP contribution in [0.2, 0.25) is 0 Å². The second-order valence-electron chi connectivity index (χ2n) is 11.8. The van der Waals surface area contributed by atoms with Gasteiger partial charge < -0.3 is 30.4 Å². The molecule has 2 saturated heterocycles. The summed E-state index contributed by atoms with van der Waals surface area (Å²) in [6.45, 7) is 11.4. The molecule has 0 amide bonds. The molecule has 0 radical (unpaired) electrons. The Bertz CT molecular complexity index is 1330. The van der Waals surface area contributed by atoms with Gasteiger partial charge in [-0.15, -0.1) is 0 Å². The van der Waals surface area contributed by atoms with E-state index in [1.807, 2.05) is 18.7 Å². The number of aryl methyl sites for hydroxylation is 1. The van der Waals surface area contributed by atoms with Crippen molar-refractivity contribution in [3.63, 3.8) is 0 Å². The van der Waals surface area contributed by atoms with Crippen molar-refractivity contribution in [3.05, 3.63) is 52.9 Å². The Morgan fingerprint density at radius 3 is 2.76 bits per heavy atom. The first kappa shape index (κ1) is 27.8. The molecule has 2 atom stereocenters. The second-order valence-corrected chi connectivity index (χ2v) is 11.8. The van der Waals surface area contributed by atoms with E-state index in [1.54, 1.807) is 0 Å². The largest absolute Gasteiger partial charge is 0.491 e. The Morgan fingerprint density at radius 2 is 2.00 bits per heavy atom. The maximum atomic E-state index is 8.44. The SMILES string of the molecule is CN/C(=C(\C=N)c1ccc2c(c1)OCCN1C=C(c3nc(C)nn3C(C)C)NC21)C1CCCN(C2CCOCC2)C1. The molecule has 3 N–H and O–H groups in total. The predicted octanol–water partition coefficient (Wildman–Crippen LogP) is 3.93. The number of hydrogen-bond donors (Lipinski definition) is 3. The highest BCUT2D eigenvalue weighted by atomic mass is 16.5. The molecule has 220 valence electrons. The van der Waals surface area contributed by atoms with E-state index in [-0.39, 0.29) is 12.2 Å². The Morgan fingerprint density at radius 1 is 1.17 bits per heavy atom. The molecule has 5 heterocycles. The van der Waals surface area contributed by atoms with Crippen LogP contribution in [0.5, 0.6) is 5.75 Å². The van der Waals surface area contributed by atoms with E-state index in [2.05, 4.69) is 63.8 Å². The molecule has 1 aromatic heterocycles. The van der Waals surface area contributed by atoms with Crippen molar-refractivity contribution >= 4 is 17.5 Å². The number of nitrogens with one attached hydrogen (secondary N) is 3. The van der Waals surface area contributed by atoms with Crippen molar-refractivity contribution < 1.29 is 9.47 Å². The van der Waals surface area contributed by atoms with Crippen LogP contribution in [-0.4, -0.2) is 83.3 Å². The summed E-state index contributed by atoms with van der Waals surface area (Å²) in [6, 6.07) is 7.24. The van der Waals surface area contributed by atoms with Crippen molar-refractivity contribution in [1.82, 2.24) is 35.2 Å². The van der Waals surface area contributed by atoms with Crippen LogP contribution in [0.1, 0.15) is 74.5 Å². The molecule has 0 bridgehead atoms. The third-order valence-corrected chi connectivity index (χ3v) is 8.88. The molecular weight excluding hydrogens is 516 g/mol. The molecule has 0 aliphatic carbocycles. The fourth-order valence-corrected chi connectivity index (χ4v) is 6.87. The zero-order valence-corrected chi connectivity index (χ0v) is 24.8. The van der Waals surface area contributed by atoms with Crippen molar-refractivity contribution in [2.45, 2.75) is 64.7 Å². The summed E-state index contributed by atoms with van der Waals surface area (Å²) < 4.78 is 13.9. The zero-order chi connectivity index (χ0) is 28.5. The van der Waals surface area contributed by atoms with Crippen molar-refractivity contribution in [2.24, 2.45) is 5.92 Å². The van der Waals surface area contributed by atoms with Crippen LogP contribution in [-0.2, 0) is 4.74 Å². The van der Waals surface area contributed by atoms with Crippen molar-refractivity contribution in [2.75, 3.05) is 46.5 Å². The summed E-state index contributed by atoms with van der Waals surface area (Å²) in [5, 5.41) is 20.3. The molecule has 1 aromatic carbocycles. The van der Waals surface area contributed by atoms with E-state index in [9.17, 15) is 0 Å². The quantitative estimate of drug-likeness (QED) is 0.438. The highest BCUT2D eigenvalue weighted by molar-refractivity contribution is 6.09. The van der Waals surface area contributed by atoms with Crippen LogP contribution in [0.25, 0.3) is 11.3 Å². The lowest BCUT2D eigenvalue weighted by atomic mass is 9.88. The number of likely N-dealkylation sites (tertiary alicyclic amines) is 1. The molecular formula is C31H44N8O2. The number of aromatic nitrogens is 3. The lowest BCUT2D eigenvalue weighted by Crippen LogP contribution is -2.46. The molecule has 41 heavy (non-hydrogen) atoms. The highest BCUT2D eigenvalue weighted by Gasteiger charge is 2.34. The van der Waals surface area contributed by atoms with E-state index >= 15 is 0 Å². The highest BCUT2D eigenvalue weighted by Crippen LogP contribution is 2.39. The van der Waals surface area contributed by atoms with E-state index in [0.29, 0.717) is 18.6 Å². The van der Waals surface area contributed by atoms with Gasteiger partial charge in [-0.3, -0.25) is 4.90 Å². The minimum atomic E-state index is -0.0447. The Hall–Kier alpha value is -3.37. The zero-order valence-electron chi connectivity index (χ0n) is 24.8. The molecule has 6 rings (SSSR count). The van der Waals surface area contributed by atoms with Gasteiger partial charge in [-0.1, -0.05) is 12.1 Å². The Balaban J connectivity index is 1.26. The molecule has 0 saturated carbocycles. The van der Waals surface area contributed by atoms with E-state index in [4.69, 9.17) is 19.9 Å². The number of fused-ring (bicyclic) bond motifs is 3. The first-order valence-electron chi connectivity index (χ1n) is 15.2. The third kappa shape index (κ3) is 5.47. The van der Waals surface area contributed by atoms with E-state index in [0.717, 1.165) is 97.6 Å². The summed E-state index contributed by atoms with van der Waals surface area (Å²) in [5.74, 6) is 2.86. The number of hydrogen-bond acceptors (Lipinski definition) is 9. The van der Waals surface area contributed by atoms with Crippen LogP contribution in [0.15, 0.2) is 30.1 Å². The lowest BCUT2D eigenvalue weighted by molar-refractivity contribution is 0.0206. The number of ether oxygens (including phenoxy) is 2. The smallest absolute Gasteiger partial charge is 0.176 e. The molecule has 2 fully saturated rings. The predicted molar refractivity (Wildman–Crippen MR) is 161 cm³/mol. The summed E-state index contributed by atoms with van der Waals surface area (Å²) >= 11 is 0. The molecule has 2 aromatic rings. The van der Waals surface area contributed by atoms with Gasteiger partial charge in [-0.25, -0.2) is 9.67 Å². The third-order valence-electron chi connectivity index (χ3n) is 8.88. The van der Waals surface area contributed by atoms with Gasteiger partial charge in [0.1, 0.15) is 24.3 Å². The monoisotopic (exact) mass is 560 g/mol. The fraction of sp³-hybridized carbons (Fsp3) is 0.581. The molecule has 10 heteroatoms. The standard InChI is InChI=1S/C31H44N8O2/c1-20(2)39-31(34-21(3)36-39)27-19-38-12-15-41-28-16-22(7-8-25(28)30(38)35-27)26(17-32)29(33-4)23-6-5-11-37(18-23)24-9-13-40-14-10-24/h7-8,16-17,19-20,23-24,30,32-33,35H,5-6,9-15,18H2,1-4H3/b29-26+,32-17?. The average Bonchev–Trinajstić information content (AvgIpc) is 3.55. The number of benzene rings is 1. The van der Waals surface area contributed by atoms with Crippen LogP contribution in [0.4, 0.5) is 0 Å². The van der Waals surface area contributed by atoms with Gasteiger partial charge in [0.15, 0.2) is 5.82 Å². The van der Waals surface area contributed by atoms with Gasteiger partial charge >= 0.3 is 0 Å². The molecule has 4 aliphatic heterocycles. The summed E-state index contributed by atoms with van der Waals surface area (Å²) in [6.07, 6.45) is 8.15. The van der Waals surface area contributed by atoms with Crippen molar-refractivity contribution in [3.8, 4) is 5.75 Å². The molecule has 2 unspecified atom stereocenters. The first-order chi connectivity index (χ1) is 20.0. The van der Waals surface area contributed by atoms with Gasteiger partial charge in [-0.05, 0) is 64.6 Å². The van der Waals surface area contributed by atoms with E-state index < -0.39 is 0 Å². The Kier molecular flexibility index (Phi) is 8.03. The lowest BCUT2D eigenvalue weighted by Gasteiger charge is -2.40. The van der Waals surface area contributed by atoms with Gasteiger partial charge in [0, 0.05) is 74.1 Å². The summed E-state index contributed by atoms with van der Waals surface area (Å²) in [4.78, 5) is 9.66. The van der Waals surface area contributed by atoms with Crippen LogP contribution in [0.3, 0.4) is 0 Å². The first-order valence-corrected chi connectivity index (χ1v) is 15.2. The minimum absolute atomic E-state index is 0.0447. The maximum Gasteiger partial charge on any atom is 0.176 e. The minimum Gasteiger partial charge on any atom is -0.491 e. The Labute approximate surface area is 243 Å². The maximum absolute atomic E-state index is 8.44. The number of nitrogens with zero attached hydrogens (tertiary/aromatic N) is 5. The van der Waals surface area contributed by atoms with Gasteiger partial charge in [0.2, 0.25) is 0 Å². The number of allylic oxidation sites excluding steroid dienone is 1. The molecule has 4 aliphatic rings. The summed E-state index contributed by atoms with van der Waals surface area (Å²) in [7, 11) is 2.00. The number of rotatable bonds is 7. The van der Waals surface area contributed by atoms with Gasteiger partial charge in [0.05, 0.1) is 12.2 Å². The van der Waals surface area contributed by atoms with E-state index in [1.165, 1.54) is 12.6 Å². The van der Waals surface area contributed by atoms with Crippen LogP contribution in [0, 0.1) is 18.3 Å². The summed E-state index contributed by atoms with van der Waals surface area (Å²) in [5.41, 5.74) is 5.17. The topological polar surface area (TPSA) is 104 Å². The van der Waals surface area contributed by atoms with Crippen LogP contribution < -0.4 is 15.4 Å². The second kappa shape index (κ2) is 11.9. The average molecular weight is 561 g/mol. The fourth-order valence-electron chi connectivity index (χ4n) is 6.87. The van der Waals surface area contributed by atoms with Gasteiger partial charge in [0.25, 0.3) is 0 Å². The molecule has 10 nitrogen and oxygen atoms in total. The number of piperidine rings is 1. The van der Waals surface area contributed by atoms with Crippen LogP contribution >= 0.6 is 0 Å². The normalized spacial score (nSPS) is 24.0. The van der Waals surface area contributed by atoms with Crippen molar-refractivity contribution in [1.29, 1.82) is 5.41 Å². The molecule has 0 spiro atoms. The van der Waals surface area contributed by atoms with Gasteiger partial charge in [-0.2, -0.15) is 5.10 Å².